The molecule has 0 amide bonds. The lowest BCUT2D eigenvalue weighted by Crippen LogP contribution is -2.18. The third-order valence-electron chi connectivity index (χ3n) is 3.23. The maximum atomic E-state index is 6.16. The molecule has 1 aromatic heterocycles. The van der Waals surface area contributed by atoms with Crippen molar-refractivity contribution < 1.29 is 9.47 Å². The van der Waals surface area contributed by atoms with Crippen LogP contribution in [0.15, 0.2) is 36.5 Å². The summed E-state index contributed by atoms with van der Waals surface area (Å²) in [4.78, 5) is 4.33. The molecule has 1 aromatic carbocycles. The number of fused-ring (bicyclic) bond motifs is 1. The van der Waals surface area contributed by atoms with Gasteiger partial charge < -0.3 is 14.8 Å². The highest BCUT2D eigenvalue weighted by atomic mass is 35.5. The fourth-order valence-electron chi connectivity index (χ4n) is 2.13. The van der Waals surface area contributed by atoms with E-state index >= 15 is 0 Å². The number of aromatic nitrogens is 1. The monoisotopic (exact) mass is 290 g/mol. The van der Waals surface area contributed by atoms with Crippen molar-refractivity contribution in [2.24, 2.45) is 0 Å². The zero-order valence-electron chi connectivity index (χ0n) is 11.1. The summed E-state index contributed by atoms with van der Waals surface area (Å²) in [5, 5.41) is 4.00. The molecule has 0 saturated heterocycles. The fraction of sp³-hybridized carbons (Fsp3) is 0.267. The van der Waals surface area contributed by atoms with Crippen LogP contribution in [0.2, 0.25) is 5.02 Å². The summed E-state index contributed by atoms with van der Waals surface area (Å²) in [7, 11) is 0. The summed E-state index contributed by atoms with van der Waals surface area (Å²) in [5.74, 6) is 1.34. The minimum absolute atomic E-state index is 0.167. The molecule has 2 aromatic rings. The molecule has 3 rings (SSSR count). The second-order valence-electron chi connectivity index (χ2n) is 4.67. The highest BCUT2D eigenvalue weighted by molar-refractivity contribution is 6.32. The van der Waals surface area contributed by atoms with Crippen molar-refractivity contribution in [3.05, 3.63) is 52.8 Å². The standard InChI is InChI=1S/C15H15ClN2O2/c1-10(13-4-2-3-5-17-13)18-8-11-6-12(16)15-14(7-11)19-9-20-15/h2-7,10,18H,8-9H2,1H3. The lowest BCUT2D eigenvalue weighted by atomic mass is 10.1. The molecule has 0 fully saturated rings. The van der Waals surface area contributed by atoms with E-state index in [1.165, 1.54) is 0 Å². The average molecular weight is 291 g/mol. The van der Waals surface area contributed by atoms with Crippen molar-refractivity contribution in [2.75, 3.05) is 6.79 Å². The Morgan fingerprint density at radius 1 is 1.35 bits per heavy atom. The van der Waals surface area contributed by atoms with Gasteiger partial charge in [0.1, 0.15) is 0 Å². The third kappa shape index (κ3) is 2.71. The number of benzene rings is 1. The number of rotatable bonds is 4. The van der Waals surface area contributed by atoms with Gasteiger partial charge in [0.05, 0.1) is 10.7 Å². The Morgan fingerprint density at radius 2 is 2.25 bits per heavy atom. The molecular weight excluding hydrogens is 276 g/mol. The molecule has 5 heteroatoms. The topological polar surface area (TPSA) is 43.4 Å². The van der Waals surface area contributed by atoms with Crippen molar-refractivity contribution in [1.82, 2.24) is 10.3 Å². The van der Waals surface area contributed by atoms with E-state index in [-0.39, 0.29) is 12.8 Å². The van der Waals surface area contributed by atoms with Crippen LogP contribution in [0.25, 0.3) is 0 Å². The summed E-state index contributed by atoms with van der Waals surface area (Å²) in [6.07, 6.45) is 1.80. The van der Waals surface area contributed by atoms with E-state index in [1.54, 1.807) is 6.20 Å². The van der Waals surface area contributed by atoms with Crippen molar-refractivity contribution in [3.63, 3.8) is 0 Å². The van der Waals surface area contributed by atoms with E-state index in [9.17, 15) is 0 Å². The molecule has 0 radical (unpaired) electrons. The first-order valence-corrected chi connectivity index (χ1v) is 6.84. The van der Waals surface area contributed by atoms with Gasteiger partial charge in [-0.3, -0.25) is 4.98 Å². The van der Waals surface area contributed by atoms with Gasteiger partial charge in [-0.25, -0.2) is 0 Å². The molecule has 1 unspecified atom stereocenters. The minimum atomic E-state index is 0.167. The first-order valence-electron chi connectivity index (χ1n) is 6.46. The van der Waals surface area contributed by atoms with E-state index in [0.29, 0.717) is 23.1 Å². The van der Waals surface area contributed by atoms with Gasteiger partial charge >= 0.3 is 0 Å². The van der Waals surface area contributed by atoms with E-state index in [1.807, 2.05) is 30.3 Å². The predicted octanol–water partition coefficient (Wildman–Crippen LogP) is 3.31. The number of hydrogen-bond donors (Lipinski definition) is 1. The molecule has 1 aliphatic heterocycles. The average Bonchev–Trinajstić information content (AvgIpc) is 2.94. The summed E-state index contributed by atoms with van der Waals surface area (Å²) in [6, 6.07) is 9.91. The largest absolute Gasteiger partial charge is 0.454 e. The van der Waals surface area contributed by atoms with Crippen LogP contribution < -0.4 is 14.8 Å². The van der Waals surface area contributed by atoms with Gasteiger partial charge in [-0.2, -0.15) is 0 Å². The van der Waals surface area contributed by atoms with Gasteiger partial charge in [-0.1, -0.05) is 17.7 Å². The van der Waals surface area contributed by atoms with Crippen LogP contribution in [-0.4, -0.2) is 11.8 Å². The van der Waals surface area contributed by atoms with Crippen molar-refractivity contribution in [3.8, 4) is 11.5 Å². The van der Waals surface area contributed by atoms with Crippen LogP contribution in [0.3, 0.4) is 0 Å². The smallest absolute Gasteiger partial charge is 0.231 e. The van der Waals surface area contributed by atoms with Crippen LogP contribution in [0.4, 0.5) is 0 Å². The van der Waals surface area contributed by atoms with Crippen LogP contribution in [-0.2, 0) is 6.54 Å². The lowest BCUT2D eigenvalue weighted by Gasteiger charge is -2.13. The summed E-state index contributed by atoms with van der Waals surface area (Å²) in [5.41, 5.74) is 2.07. The highest BCUT2D eigenvalue weighted by Gasteiger charge is 2.18. The molecule has 1 aliphatic rings. The second kappa shape index (κ2) is 5.69. The summed E-state index contributed by atoms with van der Waals surface area (Å²) >= 11 is 6.16. The van der Waals surface area contributed by atoms with Gasteiger partial charge in [0.15, 0.2) is 11.5 Å². The summed E-state index contributed by atoms with van der Waals surface area (Å²) < 4.78 is 10.7. The quantitative estimate of drug-likeness (QED) is 0.938. The Kier molecular flexibility index (Phi) is 3.76. The number of halogens is 1. The molecule has 0 saturated carbocycles. The van der Waals surface area contributed by atoms with Crippen molar-refractivity contribution in [2.45, 2.75) is 19.5 Å². The summed E-state index contributed by atoms with van der Waals surface area (Å²) in [6.45, 7) is 3.00. The Bertz CT molecular complexity index is 604. The van der Waals surface area contributed by atoms with E-state index in [2.05, 4.69) is 17.2 Å². The minimum Gasteiger partial charge on any atom is -0.454 e. The van der Waals surface area contributed by atoms with Gasteiger partial charge in [-0.05, 0) is 36.8 Å². The molecular formula is C15H15ClN2O2. The zero-order valence-corrected chi connectivity index (χ0v) is 11.9. The molecule has 2 heterocycles. The molecule has 0 bridgehead atoms. The van der Waals surface area contributed by atoms with Crippen LogP contribution in [0, 0.1) is 0 Å². The molecule has 20 heavy (non-hydrogen) atoms. The number of nitrogens with zero attached hydrogens (tertiary/aromatic N) is 1. The molecule has 4 nitrogen and oxygen atoms in total. The van der Waals surface area contributed by atoms with E-state index in [0.717, 1.165) is 11.3 Å². The molecule has 104 valence electrons. The van der Waals surface area contributed by atoms with Gasteiger partial charge in [-0.15, -0.1) is 0 Å². The normalized spacial score (nSPS) is 14.3. The van der Waals surface area contributed by atoms with Crippen LogP contribution >= 0.6 is 11.6 Å². The molecule has 0 aliphatic carbocycles. The van der Waals surface area contributed by atoms with Gasteiger partial charge in [0.2, 0.25) is 6.79 Å². The van der Waals surface area contributed by atoms with Crippen LogP contribution in [0.1, 0.15) is 24.2 Å². The third-order valence-corrected chi connectivity index (χ3v) is 3.51. The van der Waals surface area contributed by atoms with E-state index < -0.39 is 0 Å². The Hall–Kier alpha value is -1.78. The SMILES string of the molecule is CC(NCc1cc(Cl)c2c(c1)OCO2)c1ccccn1. The van der Waals surface area contributed by atoms with Gasteiger partial charge in [0.25, 0.3) is 0 Å². The van der Waals surface area contributed by atoms with E-state index in [4.69, 9.17) is 21.1 Å². The first kappa shape index (κ1) is 13.2. The number of ether oxygens (including phenoxy) is 2. The Balaban J connectivity index is 1.68. The maximum Gasteiger partial charge on any atom is 0.231 e. The number of nitrogens with one attached hydrogen (secondary N) is 1. The molecule has 1 N–H and O–H groups in total. The van der Waals surface area contributed by atoms with Gasteiger partial charge in [0, 0.05) is 18.8 Å². The zero-order chi connectivity index (χ0) is 13.9. The highest BCUT2D eigenvalue weighted by Crippen LogP contribution is 2.39. The van der Waals surface area contributed by atoms with Crippen molar-refractivity contribution in [1.29, 1.82) is 0 Å². The Labute approximate surface area is 122 Å². The first-order chi connectivity index (χ1) is 9.74. The number of pyridine rings is 1. The maximum absolute atomic E-state index is 6.16. The predicted molar refractivity (Wildman–Crippen MR) is 77.1 cm³/mol. The molecule has 0 spiro atoms. The lowest BCUT2D eigenvalue weighted by molar-refractivity contribution is 0.174. The van der Waals surface area contributed by atoms with Crippen molar-refractivity contribution >= 4 is 11.6 Å². The Morgan fingerprint density at radius 3 is 3.05 bits per heavy atom. The number of hydrogen-bond acceptors (Lipinski definition) is 4. The fourth-order valence-corrected chi connectivity index (χ4v) is 2.42. The second-order valence-corrected chi connectivity index (χ2v) is 5.08. The molecule has 1 atom stereocenters. The van der Waals surface area contributed by atoms with Crippen LogP contribution in [0.5, 0.6) is 11.5 Å².